The molecule has 0 fully saturated rings. The van der Waals surface area contributed by atoms with E-state index in [4.69, 9.17) is 9.47 Å². The molecular formula is C15H21NO4. The smallest absolute Gasteiger partial charge is 0.308 e. The van der Waals surface area contributed by atoms with Gasteiger partial charge in [0.2, 0.25) is 0 Å². The number of fused-ring (bicyclic) bond motifs is 1. The molecule has 1 aromatic carbocycles. The van der Waals surface area contributed by atoms with Crippen molar-refractivity contribution in [2.24, 2.45) is 0 Å². The number of carbonyl (C=O) groups is 1. The van der Waals surface area contributed by atoms with Crippen molar-refractivity contribution in [1.82, 2.24) is 0 Å². The topological polar surface area (TPSA) is 59.0 Å². The molecule has 1 N–H and O–H groups in total. The van der Waals surface area contributed by atoms with Crippen LogP contribution in [0.2, 0.25) is 0 Å². The molecule has 0 spiro atoms. The number of aliphatic hydroxyl groups excluding tert-OH is 1. The highest BCUT2D eigenvalue weighted by atomic mass is 16.5. The molecule has 1 aromatic rings. The van der Waals surface area contributed by atoms with Gasteiger partial charge in [0.1, 0.15) is 5.75 Å². The van der Waals surface area contributed by atoms with Gasteiger partial charge in [-0.3, -0.25) is 4.79 Å². The normalized spacial score (nSPS) is 15.8. The lowest BCUT2D eigenvalue weighted by Crippen LogP contribution is -2.34. The molecule has 1 aliphatic heterocycles. The van der Waals surface area contributed by atoms with E-state index in [0.717, 1.165) is 24.4 Å². The molecule has 1 unspecified atom stereocenters. The Balaban J connectivity index is 2.00. The third kappa shape index (κ3) is 3.87. The molecule has 0 aliphatic carbocycles. The van der Waals surface area contributed by atoms with Crippen LogP contribution in [0, 0.1) is 0 Å². The van der Waals surface area contributed by atoms with Crippen LogP contribution in [0.15, 0.2) is 24.3 Å². The second kappa shape index (κ2) is 7.14. The SMILES string of the molecule is CCOC(=O)CC(O)CN1CCCOc2ccccc21. The first-order chi connectivity index (χ1) is 9.70. The van der Waals surface area contributed by atoms with E-state index >= 15 is 0 Å². The fraction of sp³-hybridized carbons (Fsp3) is 0.533. The molecule has 2 rings (SSSR count). The summed E-state index contributed by atoms with van der Waals surface area (Å²) in [5.41, 5.74) is 0.966. The first-order valence-electron chi connectivity index (χ1n) is 7.01. The van der Waals surface area contributed by atoms with E-state index in [1.807, 2.05) is 24.3 Å². The van der Waals surface area contributed by atoms with Gasteiger partial charge in [-0.15, -0.1) is 0 Å². The zero-order chi connectivity index (χ0) is 14.4. The number of anilines is 1. The molecule has 110 valence electrons. The molecule has 1 atom stereocenters. The van der Waals surface area contributed by atoms with Gasteiger partial charge in [-0.25, -0.2) is 0 Å². The van der Waals surface area contributed by atoms with Crippen LogP contribution in [0.25, 0.3) is 0 Å². The summed E-state index contributed by atoms with van der Waals surface area (Å²) in [6.07, 6.45) is 0.175. The zero-order valence-corrected chi connectivity index (χ0v) is 11.7. The number of hydrogen-bond donors (Lipinski definition) is 1. The number of aliphatic hydroxyl groups is 1. The molecule has 0 amide bonds. The van der Waals surface area contributed by atoms with Crippen LogP contribution >= 0.6 is 0 Å². The Morgan fingerprint density at radius 3 is 3.10 bits per heavy atom. The molecule has 5 nitrogen and oxygen atoms in total. The lowest BCUT2D eigenvalue weighted by molar-refractivity contribution is -0.145. The van der Waals surface area contributed by atoms with E-state index in [1.165, 1.54) is 0 Å². The van der Waals surface area contributed by atoms with Gasteiger partial charge in [-0.1, -0.05) is 12.1 Å². The lowest BCUT2D eigenvalue weighted by atomic mass is 10.2. The summed E-state index contributed by atoms with van der Waals surface area (Å²) >= 11 is 0. The van der Waals surface area contributed by atoms with Gasteiger partial charge in [0.05, 0.1) is 31.4 Å². The monoisotopic (exact) mass is 279 g/mol. The number of hydrogen-bond acceptors (Lipinski definition) is 5. The molecule has 0 aromatic heterocycles. The van der Waals surface area contributed by atoms with Crippen molar-refractivity contribution >= 4 is 11.7 Å². The summed E-state index contributed by atoms with van der Waals surface area (Å²) < 4.78 is 10.5. The maximum atomic E-state index is 11.4. The molecule has 0 radical (unpaired) electrons. The van der Waals surface area contributed by atoms with E-state index < -0.39 is 6.10 Å². The van der Waals surface area contributed by atoms with Crippen molar-refractivity contribution in [3.63, 3.8) is 0 Å². The van der Waals surface area contributed by atoms with E-state index in [1.54, 1.807) is 6.92 Å². The van der Waals surface area contributed by atoms with Gasteiger partial charge in [0, 0.05) is 13.1 Å². The molecule has 0 saturated carbocycles. The number of esters is 1. The van der Waals surface area contributed by atoms with E-state index in [-0.39, 0.29) is 12.4 Å². The summed E-state index contributed by atoms with van der Waals surface area (Å²) in [5.74, 6) is 0.465. The van der Waals surface area contributed by atoms with E-state index in [9.17, 15) is 9.90 Å². The number of benzene rings is 1. The van der Waals surface area contributed by atoms with Crippen LogP contribution in [-0.4, -0.2) is 43.5 Å². The van der Waals surface area contributed by atoms with Crippen LogP contribution in [0.3, 0.4) is 0 Å². The Labute approximate surface area is 119 Å². The lowest BCUT2D eigenvalue weighted by Gasteiger charge is -2.26. The Morgan fingerprint density at radius 2 is 2.30 bits per heavy atom. The van der Waals surface area contributed by atoms with E-state index in [2.05, 4.69) is 4.90 Å². The third-order valence-electron chi connectivity index (χ3n) is 3.17. The summed E-state index contributed by atoms with van der Waals surface area (Å²) in [6.45, 7) is 3.97. The second-order valence-corrected chi connectivity index (χ2v) is 4.78. The number of β-amino-alcohol motifs (C(OH)–C–C–N with tert-alkyl or cyclic N) is 1. The van der Waals surface area contributed by atoms with Crippen molar-refractivity contribution in [3.05, 3.63) is 24.3 Å². The summed E-state index contributed by atoms with van der Waals surface area (Å²) in [6, 6.07) is 7.76. The van der Waals surface area contributed by atoms with Crippen LogP contribution < -0.4 is 9.64 Å². The van der Waals surface area contributed by atoms with Crippen molar-refractivity contribution in [2.45, 2.75) is 25.9 Å². The Morgan fingerprint density at radius 1 is 1.50 bits per heavy atom. The van der Waals surface area contributed by atoms with Gasteiger partial charge < -0.3 is 19.5 Å². The summed E-state index contributed by atoms with van der Waals surface area (Å²) in [7, 11) is 0. The molecule has 0 bridgehead atoms. The highest BCUT2D eigenvalue weighted by Crippen LogP contribution is 2.30. The van der Waals surface area contributed by atoms with Gasteiger partial charge >= 0.3 is 5.97 Å². The fourth-order valence-electron chi connectivity index (χ4n) is 2.32. The van der Waals surface area contributed by atoms with Gasteiger partial charge in [0.25, 0.3) is 0 Å². The minimum absolute atomic E-state index is 0.0212. The largest absolute Gasteiger partial charge is 0.491 e. The highest BCUT2D eigenvalue weighted by Gasteiger charge is 2.20. The molecule has 0 saturated heterocycles. The number of rotatable bonds is 5. The molecule has 1 heterocycles. The van der Waals surface area contributed by atoms with Gasteiger partial charge in [0.15, 0.2) is 0 Å². The first-order valence-corrected chi connectivity index (χ1v) is 7.01. The highest BCUT2D eigenvalue weighted by molar-refractivity contribution is 5.70. The quantitative estimate of drug-likeness (QED) is 0.829. The summed E-state index contributed by atoms with van der Waals surface area (Å²) in [4.78, 5) is 13.4. The van der Waals surface area contributed by atoms with Gasteiger partial charge in [-0.05, 0) is 25.5 Å². The van der Waals surface area contributed by atoms with Crippen molar-refractivity contribution in [1.29, 1.82) is 0 Å². The number of nitrogens with zero attached hydrogens (tertiary/aromatic N) is 1. The van der Waals surface area contributed by atoms with Crippen LogP contribution in [-0.2, 0) is 9.53 Å². The van der Waals surface area contributed by atoms with Crippen LogP contribution in [0.1, 0.15) is 19.8 Å². The number of carbonyl (C=O) groups excluding carboxylic acids is 1. The predicted molar refractivity (Wildman–Crippen MR) is 76.0 cm³/mol. The van der Waals surface area contributed by atoms with Crippen molar-refractivity contribution in [3.8, 4) is 5.75 Å². The summed E-state index contributed by atoms with van der Waals surface area (Å²) in [5, 5.41) is 10.0. The van der Waals surface area contributed by atoms with Gasteiger partial charge in [-0.2, -0.15) is 0 Å². The van der Waals surface area contributed by atoms with Crippen molar-refractivity contribution in [2.75, 3.05) is 31.2 Å². The Kier molecular flexibility index (Phi) is 5.24. The minimum Gasteiger partial charge on any atom is -0.491 e. The van der Waals surface area contributed by atoms with Crippen LogP contribution in [0.4, 0.5) is 5.69 Å². The Hall–Kier alpha value is -1.75. The zero-order valence-electron chi connectivity index (χ0n) is 11.7. The predicted octanol–water partition coefficient (Wildman–Crippen LogP) is 1.59. The number of para-hydroxylation sites is 2. The fourth-order valence-corrected chi connectivity index (χ4v) is 2.32. The standard InChI is InChI=1S/C15H21NO4/c1-2-19-15(18)10-12(17)11-16-8-5-9-20-14-7-4-3-6-13(14)16/h3-4,6-7,12,17H,2,5,8-11H2,1H3. The molecule has 5 heteroatoms. The van der Waals surface area contributed by atoms with Crippen molar-refractivity contribution < 1.29 is 19.4 Å². The average molecular weight is 279 g/mol. The number of ether oxygens (including phenoxy) is 2. The maximum absolute atomic E-state index is 11.4. The third-order valence-corrected chi connectivity index (χ3v) is 3.17. The van der Waals surface area contributed by atoms with E-state index in [0.29, 0.717) is 19.8 Å². The second-order valence-electron chi connectivity index (χ2n) is 4.78. The molecule has 20 heavy (non-hydrogen) atoms. The minimum atomic E-state index is -0.736. The Bertz CT molecular complexity index is 449. The molecular weight excluding hydrogens is 258 g/mol. The van der Waals surface area contributed by atoms with Crippen LogP contribution in [0.5, 0.6) is 5.75 Å². The average Bonchev–Trinajstić information content (AvgIpc) is 2.62. The molecule has 1 aliphatic rings. The first kappa shape index (κ1) is 14.7. The maximum Gasteiger partial charge on any atom is 0.308 e.